The summed E-state index contributed by atoms with van der Waals surface area (Å²) in [6.07, 6.45) is 0.678. The van der Waals surface area contributed by atoms with E-state index in [1.165, 1.54) is 0 Å². The third-order valence-corrected chi connectivity index (χ3v) is 1.56. The van der Waals surface area contributed by atoms with Crippen molar-refractivity contribution in [3.63, 3.8) is 0 Å². The number of rotatable bonds is 6. The first-order valence-corrected chi connectivity index (χ1v) is 4.87. The van der Waals surface area contributed by atoms with Gasteiger partial charge in [0, 0.05) is 6.42 Å². The van der Waals surface area contributed by atoms with Crippen LogP contribution in [0, 0.1) is 0 Å². The van der Waals surface area contributed by atoms with Gasteiger partial charge in [-0.15, -0.1) is 0 Å². The highest BCUT2D eigenvalue weighted by atomic mass is 31.2. The van der Waals surface area contributed by atoms with Crippen LogP contribution in [0.4, 0.5) is 0 Å². The lowest BCUT2D eigenvalue weighted by Crippen LogP contribution is -1.97. The summed E-state index contributed by atoms with van der Waals surface area (Å²) in [5, 5.41) is 8.18. The van der Waals surface area contributed by atoms with Crippen LogP contribution < -0.4 is 0 Å². The van der Waals surface area contributed by atoms with Gasteiger partial charge < -0.3 is 14.9 Å². The lowest BCUT2D eigenvalue weighted by atomic mass is 10.2. The summed E-state index contributed by atoms with van der Waals surface area (Å²) in [4.78, 5) is 26.4. The van der Waals surface area contributed by atoms with E-state index in [0.29, 0.717) is 12.8 Å². The Hall–Kier alpha value is -0.420. The molecule has 0 aliphatic rings. The quantitative estimate of drug-likeness (QED) is 0.420. The Labute approximate surface area is 69.4 Å². The van der Waals surface area contributed by atoms with Crippen molar-refractivity contribution in [1.29, 1.82) is 0 Å². The van der Waals surface area contributed by atoms with Crippen LogP contribution in [0.25, 0.3) is 0 Å². The van der Waals surface area contributed by atoms with E-state index in [1.807, 2.05) is 0 Å². The summed E-state index contributed by atoms with van der Waals surface area (Å²) in [6.45, 7) is -0.114. The second-order valence-corrected chi connectivity index (χ2v) is 3.41. The maximum atomic E-state index is 10.1. The standard InChI is InChI=1S/C5H11O6P/c6-5(7)3-1-2-4-11-12(8,9)10/h1-4H2,(H,6,7)(H2,8,9,10). The number of unbranched alkanes of at least 4 members (excludes halogenated alkanes) is 1. The Kier molecular flexibility index (Phi) is 5.08. The molecular formula is C5H11O6P. The van der Waals surface area contributed by atoms with Crippen molar-refractivity contribution in [2.24, 2.45) is 0 Å². The lowest BCUT2D eigenvalue weighted by Gasteiger charge is -2.03. The third kappa shape index (κ3) is 9.58. The van der Waals surface area contributed by atoms with Gasteiger partial charge in [0.15, 0.2) is 0 Å². The topological polar surface area (TPSA) is 104 Å². The van der Waals surface area contributed by atoms with E-state index >= 15 is 0 Å². The third-order valence-electron chi connectivity index (χ3n) is 1.04. The predicted octanol–water partition coefficient (Wildman–Crippen LogP) is 0.351. The van der Waals surface area contributed by atoms with Crippen molar-refractivity contribution in [3.8, 4) is 0 Å². The Morgan fingerprint density at radius 2 is 1.92 bits per heavy atom. The Morgan fingerprint density at radius 3 is 2.33 bits per heavy atom. The van der Waals surface area contributed by atoms with Gasteiger partial charge in [0.05, 0.1) is 6.61 Å². The highest BCUT2D eigenvalue weighted by Crippen LogP contribution is 2.35. The number of hydrogen-bond donors (Lipinski definition) is 3. The molecule has 3 N–H and O–H groups in total. The summed E-state index contributed by atoms with van der Waals surface area (Å²) >= 11 is 0. The monoisotopic (exact) mass is 198 g/mol. The second-order valence-electron chi connectivity index (χ2n) is 2.17. The molecule has 0 heterocycles. The van der Waals surface area contributed by atoms with Gasteiger partial charge in [0.1, 0.15) is 0 Å². The van der Waals surface area contributed by atoms with Crippen molar-refractivity contribution in [2.45, 2.75) is 19.3 Å². The SMILES string of the molecule is O=C(O)CCCCOP(=O)(O)O. The smallest absolute Gasteiger partial charge is 0.469 e. The molecule has 0 aliphatic carbocycles. The first-order chi connectivity index (χ1) is 5.42. The molecule has 72 valence electrons. The van der Waals surface area contributed by atoms with Gasteiger partial charge in [0.2, 0.25) is 0 Å². The van der Waals surface area contributed by atoms with Gasteiger partial charge in [-0.3, -0.25) is 9.32 Å². The van der Waals surface area contributed by atoms with E-state index in [0.717, 1.165) is 0 Å². The van der Waals surface area contributed by atoms with Gasteiger partial charge in [-0.05, 0) is 12.8 Å². The van der Waals surface area contributed by atoms with Crippen molar-refractivity contribution >= 4 is 13.8 Å². The molecule has 0 rings (SSSR count). The molecule has 0 bridgehead atoms. The van der Waals surface area contributed by atoms with Crippen LogP contribution >= 0.6 is 7.82 Å². The number of carboxylic acid groups (broad SMARTS) is 1. The molecule has 0 amide bonds. The Bertz CT molecular complexity index is 184. The van der Waals surface area contributed by atoms with Gasteiger partial charge in [0.25, 0.3) is 0 Å². The van der Waals surface area contributed by atoms with Crippen LogP contribution in [0.5, 0.6) is 0 Å². The average molecular weight is 198 g/mol. The molecule has 0 saturated carbocycles. The van der Waals surface area contributed by atoms with Gasteiger partial charge >= 0.3 is 13.8 Å². The van der Waals surface area contributed by atoms with Crippen molar-refractivity contribution in [1.82, 2.24) is 0 Å². The zero-order chi connectivity index (χ0) is 9.61. The molecule has 6 nitrogen and oxygen atoms in total. The fraction of sp³-hybridized carbons (Fsp3) is 0.800. The molecule has 0 spiro atoms. The van der Waals surface area contributed by atoms with Gasteiger partial charge in [-0.1, -0.05) is 0 Å². The summed E-state index contributed by atoms with van der Waals surface area (Å²) in [5.74, 6) is -0.925. The normalized spacial score (nSPS) is 11.5. The molecule has 0 radical (unpaired) electrons. The van der Waals surface area contributed by atoms with Crippen LogP contribution in [0.1, 0.15) is 19.3 Å². The molecule has 0 unspecified atom stereocenters. The van der Waals surface area contributed by atoms with E-state index in [-0.39, 0.29) is 13.0 Å². The molecule has 0 aromatic carbocycles. The van der Waals surface area contributed by atoms with E-state index in [1.54, 1.807) is 0 Å². The highest BCUT2D eigenvalue weighted by molar-refractivity contribution is 7.46. The number of phosphoric ester groups is 1. The molecule has 0 aliphatic heterocycles. The zero-order valence-corrected chi connectivity index (χ0v) is 7.24. The highest BCUT2D eigenvalue weighted by Gasteiger charge is 2.12. The Morgan fingerprint density at radius 1 is 1.33 bits per heavy atom. The van der Waals surface area contributed by atoms with Crippen molar-refractivity contribution in [3.05, 3.63) is 0 Å². The van der Waals surface area contributed by atoms with E-state index in [9.17, 15) is 9.36 Å². The number of aliphatic carboxylic acids is 1. The summed E-state index contributed by atoms with van der Waals surface area (Å²) < 4.78 is 14.2. The number of hydrogen-bond acceptors (Lipinski definition) is 3. The van der Waals surface area contributed by atoms with Crippen LogP contribution in [0.3, 0.4) is 0 Å². The zero-order valence-electron chi connectivity index (χ0n) is 6.34. The first kappa shape index (κ1) is 11.6. The van der Waals surface area contributed by atoms with Gasteiger partial charge in [-0.2, -0.15) is 0 Å². The molecule has 0 atom stereocenters. The minimum atomic E-state index is -4.38. The number of phosphoric acid groups is 1. The summed E-state index contributed by atoms with van der Waals surface area (Å²) in [6, 6.07) is 0. The molecule has 0 fully saturated rings. The fourth-order valence-corrected chi connectivity index (χ4v) is 0.929. The van der Waals surface area contributed by atoms with E-state index in [2.05, 4.69) is 4.52 Å². The van der Waals surface area contributed by atoms with Gasteiger partial charge in [-0.25, -0.2) is 4.57 Å². The maximum Gasteiger partial charge on any atom is 0.469 e. The van der Waals surface area contributed by atoms with Crippen LogP contribution in [-0.2, 0) is 13.9 Å². The lowest BCUT2D eigenvalue weighted by molar-refractivity contribution is -0.137. The average Bonchev–Trinajstić information content (AvgIpc) is 1.83. The van der Waals surface area contributed by atoms with E-state index < -0.39 is 13.8 Å². The van der Waals surface area contributed by atoms with Crippen LogP contribution in [-0.4, -0.2) is 27.5 Å². The molecule has 0 aromatic rings. The molecule has 7 heteroatoms. The largest absolute Gasteiger partial charge is 0.481 e. The van der Waals surface area contributed by atoms with Crippen LogP contribution in [0.15, 0.2) is 0 Å². The molecule has 0 aromatic heterocycles. The van der Waals surface area contributed by atoms with Crippen LogP contribution in [0.2, 0.25) is 0 Å². The van der Waals surface area contributed by atoms with Crippen molar-refractivity contribution in [2.75, 3.05) is 6.61 Å². The van der Waals surface area contributed by atoms with Crippen molar-refractivity contribution < 1.29 is 28.8 Å². The summed E-state index contributed by atoms with van der Waals surface area (Å²) in [5.41, 5.74) is 0. The summed E-state index contributed by atoms with van der Waals surface area (Å²) in [7, 11) is -4.38. The maximum absolute atomic E-state index is 10.1. The fourth-order valence-electron chi connectivity index (χ4n) is 0.562. The predicted molar refractivity (Wildman–Crippen MR) is 39.5 cm³/mol. The molecular weight excluding hydrogens is 187 g/mol. The van der Waals surface area contributed by atoms with E-state index in [4.69, 9.17) is 14.9 Å². The number of carboxylic acids is 1. The second kappa shape index (κ2) is 5.27. The Balaban J connectivity index is 3.23. The molecule has 12 heavy (non-hydrogen) atoms. The minimum Gasteiger partial charge on any atom is -0.481 e. The first-order valence-electron chi connectivity index (χ1n) is 3.34. The molecule has 0 saturated heterocycles. The minimum absolute atomic E-state index is 0.00941. The number of carbonyl (C=O) groups is 1.